The van der Waals surface area contributed by atoms with Crippen molar-refractivity contribution in [1.82, 2.24) is 0 Å². The number of allylic oxidation sites excluding steroid dienone is 1. The van der Waals surface area contributed by atoms with Gasteiger partial charge in [-0.3, -0.25) is 4.79 Å². The number of ether oxygens (including phenoxy) is 1. The molecule has 1 fully saturated rings. The first-order valence-electron chi connectivity index (χ1n) is 9.75. The molecule has 28 heavy (non-hydrogen) atoms. The zero-order valence-electron chi connectivity index (χ0n) is 16.9. The summed E-state index contributed by atoms with van der Waals surface area (Å²) in [6, 6.07) is 7.58. The maximum atomic E-state index is 11.0. The van der Waals surface area contributed by atoms with Crippen LogP contribution in [0.15, 0.2) is 35.9 Å². The first-order valence-corrected chi connectivity index (χ1v) is 9.75. The van der Waals surface area contributed by atoms with Crippen LogP contribution in [0.1, 0.15) is 63.4 Å². The van der Waals surface area contributed by atoms with Crippen molar-refractivity contribution in [1.29, 1.82) is 0 Å². The van der Waals surface area contributed by atoms with E-state index in [9.17, 15) is 9.90 Å². The fourth-order valence-corrected chi connectivity index (χ4v) is 4.42. The summed E-state index contributed by atoms with van der Waals surface area (Å²) < 4.78 is 5.97. The Hall–Kier alpha value is -1.25. The molecule has 0 aliphatic heterocycles. The van der Waals surface area contributed by atoms with Crippen molar-refractivity contribution in [2.45, 2.75) is 63.9 Å². The second kappa shape index (κ2) is 10.5. The molecular weight excluding hydrogens is 363 g/mol. The molecule has 0 aromatic heterocycles. The maximum absolute atomic E-state index is 11.0. The molecule has 1 spiro atoms. The third-order valence-electron chi connectivity index (χ3n) is 5.70. The average Bonchev–Trinajstić information content (AvgIpc) is 2.99. The van der Waals surface area contributed by atoms with Crippen LogP contribution >= 0.6 is 0 Å². The molecule has 3 atom stereocenters. The van der Waals surface area contributed by atoms with E-state index in [1.165, 1.54) is 12.0 Å². The number of aliphatic hydroxyl groups is 1. The van der Waals surface area contributed by atoms with E-state index in [1.807, 2.05) is 24.3 Å². The van der Waals surface area contributed by atoms with Gasteiger partial charge in [0.2, 0.25) is 0 Å². The Bertz CT molecular complexity index is 759. The maximum Gasteiger partial charge on any atom is 0.304 e. The predicted octanol–water partition coefficient (Wildman–Crippen LogP) is 3.91. The van der Waals surface area contributed by atoms with E-state index in [0.717, 1.165) is 43.4 Å². The number of carbonyl (C=O) groups is 1. The van der Waals surface area contributed by atoms with Crippen molar-refractivity contribution in [3.05, 3.63) is 41.5 Å². The topological polar surface area (TPSA) is 66.8 Å². The van der Waals surface area contributed by atoms with Crippen LogP contribution < -0.4 is 4.74 Å². The Labute approximate surface area is 189 Å². The largest absolute Gasteiger partial charge is 0.489 e. The first-order chi connectivity index (χ1) is 13.0. The Morgan fingerprint density at radius 1 is 1.32 bits per heavy atom. The smallest absolute Gasteiger partial charge is 0.304 e. The molecular formula is C23H28NaO4. The summed E-state index contributed by atoms with van der Waals surface area (Å²) in [5, 5.41) is 18.9. The van der Waals surface area contributed by atoms with Crippen LogP contribution in [0, 0.1) is 17.3 Å². The molecule has 2 aliphatic rings. The van der Waals surface area contributed by atoms with Gasteiger partial charge >= 0.3 is 5.97 Å². The first kappa shape index (κ1) is 23.0. The van der Waals surface area contributed by atoms with Crippen LogP contribution in [0.5, 0.6) is 5.75 Å². The van der Waals surface area contributed by atoms with Crippen molar-refractivity contribution in [3.63, 3.8) is 0 Å². The molecule has 0 unspecified atom stereocenters. The van der Waals surface area contributed by atoms with E-state index in [1.54, 1.807) is 6.92 Å². The molecule has 0 amide bonds. The van der Waals surface area contributed by atoms with Gasteiger partial charge in [0.05, 0.1) is 18.4 Å². The van der Waals surface area contributed by atoms with Crippen LogP contribution in [0.2, 0.25) is 0 Å². The number of aliphatic carboxylic acids is 1. The van der Waals surface area contributed by atoms with Crippen molar-refractivity contribution in [2.75, 3.05) is 6.61 Å². The summed E-state index contributed by atoms with van der Waals surface area (Å²) in [5.74, 6) is 5.41. The van der Waals surface area contributed by atoms with Gasteiger partial charge in [-0.15, -0.1) is 5.92 Å². The summed E-state index contributed by atoms with van der Waals surface area (Å²) >= 11 is 0. The Balaban J connectivity index is 0.00000280. The summed E-state index contributed by atoms with van der Waals surface area (Å²) in [7, 11) is 0. The summed E-state index contributed by atoms with van der Waals surface area (Å²) in [6.45, 7) is 2.30. The van der Waals surface area contributed by atoms with Crippen LogP contribution in [0.25, 0.3) is 0 Å². The summed E-state index contributed by atoms with van der Waals surface area (Å²) in [5.41, 5.74) is 2.40. The molecule has 3 rings (SSSR count). The standard InChI is InChI=1S/C23H28O4.Na/c1-2-4-19(13-22(25)26)18-6-8-21(9-7-18)27-16-17-5-3-11-23(14-17)12-10-20(24)15-23;/h6-9,14,19-20,24H,3,5,10-13,15-16H2,1H3,(H,25,26);/t19-,20-,23+;/m0./s1. The third-order valence-corrected chi connectivity index (χ3v) is 5.70. The summed E-state index contributed by atoms with van der Waals surface area (Å²) in [4.78, 5) is 11.0. The Morgan fingerprint density at radius 2 is 2.07 bits per heavy atom. The molecule has 2 N–H and O–H groups in total. The van der Waals surface area contributed by atoms with Gasteiger partial charge in [0, 0.05) is 29.6 Å². The number of aliphatic hydroxyl groups excluding tert-OH is 1. The molecule has 0 bridgehead atoms. The minimum atomic E-state index is -0.849. The third kappa shape index (κ3) is 6.12. The summed E-state index contributed by atoms with van der Waals surface area (Å²) in [6.07, 6.45) is 8.47. The molecule has 1 aromatic carbocycles. The average molecular weight is 391 g/mol. The minimum absolute atomic E-state index is 0. The van der Waals surface area contributed by atoms with E-state index in [4.69, 9.17) is 9.84 Å². The monoisotopic (exact) mass is 391 g/mol. The minimum Gasteiger partial charge on any atom is -0.489 e. The van der Waals surface area contributed by atoms with E-state index in [2.05, 4.69) is 17.9 Å². The van der Waals surface area contributed by atoms with Crippen LogP contribution in [-0.2, 0) is 4.79 Å². The Morgan fingerprint density at radius 3 is 2.68 bits per heavy atom. The fraction of sp³-hybridized carbons (Fsp3) is 0.522. The fourth-order valence-electron chi connectivity index (χ4n) is 4.42. The van der Waals surface area contributed by atoms with Crippen LogP contribution in [-0.4, -0.2) is 58.5 Å². The normalized spacial score (nSPS) is 24.5. The van der Waals surface area contributed by atoms with Crippen LogP contribution in [0.3, 0.4) is 0 Å². The number of rotatable bonds is 6. The quantitative estimate of drug-likeness (QED) is 0.438. The van der Waals surface area contributed by atoms with Gasteiger partial charge in [0.15, 0.2) is 0 Å². The van der Waals surface area contributed by atoms with Crippen molar-refractivity contribution < 1.29 is 19.7 Å². The van der Waals surface area contributed by atoms with E-state index in [-0.39, 0.29) is 53.4 Å². The molecule has 1 aromatic rings. The van der Waals surface area contributed by atoms with Crippen molar-refractivity contribution in [2.24, 2.45) is 5.41 Å². The zero-order valence-corrected chi connectivity index (χ0v) is 18.9. The SMILES string of the molecule is CC#C[C@@H](CC(=O)O)c1ccc(OCC2=C[C@@]3(CCC2)CC[C@H](O)C3)cc1.[Na]. The van der Waals surface area contributed by atoms with Crippen LogP contribution in [0.4, 0.5) is 0 Å². The van der Waals surface area contributed by atoms with Gasteiger partial charge in [0.1, 0.15) is 12.4 Å². The van der Waals surface area contributed by atoms with Crippen molar-refractivity contribution in [3.8, 4) is 17.6 Å². The second-order valence-corrected chi connectivity index (χ2v) is 7.82. The van der Waals surface area contributed by atoms with E-state index in [0.29, 0.717) is 6.61 Å². The van der Waals surface area contributed by atoms with Gasteiger partial charge in [-0.05, 0) is 74.1 Å². The van der Waals surface area contributed by atoms with E-state index < -0.39 is 5.97 Å². The van der Waals surface area contributed by atoms with E-state index >= 15 is 0 Å². The number of benzene rings is 1. The molecule has 0 heterocycles. The molecule has 5 heteroatoms. The van der Waals surface area contributed by atoms with Gasteiger partial charge in [-0.2, -0.15) is 0 Å². The number of carboxylic acids is 1. The van der Waals surface area contributed by atoms with Crippen molar-refractivity contribution >= 4 is 35.5 Å². The molecule has 4 nitrogen and oxygen atoms in total. The molecule has 1 radical (unpaired) electrons. The number of carboxylic acid groups (broad SMARTS) is 1. The zero-order chi connectivity index (χ0) is 19.3. The number of hydrogen-bond donors (Lipinski definition) is 2. The van der Waals surface area contributed by atoms with Gasteiger partial charge in [-0.25, -0.2) is 0 Å². The molecule has 1 saturated carbocycles. The van der Waals surface area contributed by atoms with Gasteiger partial charge in [0.25, 0.3) is 0 Å². The molecule has 2 aliphatic carbocycles. The Kier molecular flexibility index (Phi) is 8.64. The van der Waals surface area contributed by atoms with Gasteiger partial charge < -0.3 is 14.9 Å². The molecule has 0 saturated heterocycles. The number of hydrogen-bond acceptors (Lipinski definition) is 3. The predicted molar refractivity (Wildman–Crippen MR) is 110 cm³/mol. The van der Waals surface area contributed by atoms with Gasteiger partial charge in [-0.1, -0.05) is 24.1 Å². The molecule has 145 valence electrons. The second-order valence-electron chi connectivity index (χ2n) is 7.82.